The van der Waals surface area contributed by atoms with Crippen molar-refractivity contribution in [2.24, 2.45) is 0 Å². The summed E-state index contributed by atoms with van der Waals surface area (Å²) in [5, 5.41) is 4.09. The number of nitrogens with zero attached hydrogens (tertiary/aromatic N) is 5. The topological polar surface area (TPSA) is 76.5 Å². The van der Waals surface area contributed by atoms with Crippen LogP contribution in [-0.4, -0.2) is 43.4 Å². The number of pyridine rings is 1. The Labute approximate surface area is 145 Å². The number of fused-ring (bicyclic) bond motifs is 1. The molecule has 0 bridgehead atoms. The van der Waals surface area contributed by atoms with Crippen molar-refractivity contribution in [1.82, 2.24) is 24.4 Å². The maximum absolute atomic E-state index is 13.1. The van der Waals surface area contributed by atoms with Gasteiger partial charge in [0.15, 0.2) is 11.5 Å². The van der Waals surface area contributed by atoms with Crippen LogP contribution in [0.2, 0.25) is 0 Å². The van der Waals surface area contributed by atoms with Gasteiger partial charge >= 0.3 is 0 Å². The highest BCUT2D eigenvalue weighted by Gasteiger charge is 2.30. The summed E-state index contributed by atoms with van der Waals surface area (Å²) in [5.74, 6) is 2.27. The van der Waals surface area contributed by atoms with Crippen LogP contribution in [0.15, 0.2) is 28.9 Å². The molecule has 4 heterocycles. The van der Waals surface area contributed by atoms with E-state index in [1.54, 1.807) is 0 Å². The number of carbonyl (C=O) groups is 1. The molecule has 1 saturated heterocycles. The van der Waals surface area contributed by atoms with Crippen LogP contribution in [0.1, 0.15) is 53.7 Å². The third kappa shape index (κ3) is 2.79. The summed E-state index contributed by atoms with van der Waals surface area (Å²) >= 11 is 0. The molecule has 1 atom stereocenters. The predicted octanol–water partition coefficient (Wildman–Crippen LogP) is 2.61. The van der Waals surface area contributed by atoms with E-state index in [9.17, 15) is 4.79 Å². The van der Waals surface area contributed by atoms with E-state index in [0.717, 1.165) is 37.1 Å². The number of aromatic nitrogens is 4. The highest BCUT2D eigenvalue weighted by Crippen LogP contribution is 2.26. The molecule has 0 radical (unpaired) electrons. The molecular formula is C18H21N5O2. The highest BCUT2D eigenvalue weighted by molar-refractivity contribution is 5.99. The van der Waals surface area contributed by atoms with Gasteiger partial charge in [0.25, 0.3) is 5.91 Å². The Morgan fingerprint density at radius 1 is 1.36 bits per heavy atom. The zero-order chi connectivity index (χ0) is 17.4. The molecule has 0 N–H and O–H groups in total. The molecule has 1 aliphatic rings. The van der Waals surface area contributed by atoms with Crippen LogP contribution >= 0.6 is 0 Å². The molecule has 7 heteroatoms. The van der Waals surface area contributed by atoms with E-state index in [4.69, 9.17) is 4.52 Å². The number of hydrogen-bond acceptors (Lipinski definition) is 5. The van der Waals surface area contributed by atoms with E-state index in [1.807, 2.05) is 47.5 Å². The molecule has 7 nitrogen and oxygen atoms in total. The smallest absolute Gasteiger partial charge is 0.274 e. The zero-order valence-electron chi connectivity index (χ0n) is 14.5. The Bertz CT molecular complexity index is 913. The number of rotatable bonds is 3. The average molecular weight is 339 g/mol. The molecular weight excluding hydrogens is 318 g/mol. The van der Waals surface area contributed by atoms with Gasteiger partial charge in [-0.25, -0.2) is 4.98 Å². The second-order valence-corrected chi connectivity index (χ2v) is 6.45. The molecule has 3 aromatic rings. The van der Waals surface area contributed by atoms with Crippen LogP contribution in [0.4, 0.5) is 0 Å². The van der Waals surface area contributed by atoms with Crippen LogP contribution in [-0.2, 0) is 6.42 Å². The SMILES string of the molecule is CCc1nc([C@@H]2CCCN(C(=O)c3nc(C)n4ccccc34)C2)no1. The first-order chi connectivity index (χ1) is 12.2. The van der Waals surface area contributed by atoms with Crippen molar-refractivity contribution in [2.45, 2.75) is 39.0 Å². The number of aryl methyl sites for hydroxylation is 2. The van der Waals surface area contributed by atoms with Gasteiger partial charge in [-0.1, -0.05) is 18.1 Å². The van der Waals surface area contributed by atoms with Crippen LogP contribution in [0.25, 0.3) is 5.52 Å². The molecule has 0 aromatic carbocycles. The van der Waals surface area contributed by atoms with Gasteiger partial charge in [0.2, 0.25) is 5.89 Å². The molecule has 0 unspecified atom stereocenters. The molecule has 0 saturated carbocycles. The van der Waals surface area contributed by atoms with Gasteiger partial charge in [0.1, 0.15) is 5.82 Å². The van der Waals surface area contributed by atoms with Crippen LogP contribution in [0.3, 0.4) is 0 Å². The molecule has 130 valence electrons. The lowest BCUT2D eigenvalue weighted by molar-refractivity contribution is 0.0700. The fourth-order valence-corrected chi connectivity index (χ4v) is 3.45. The summed E-state index contributed by atoms with van der Waals surface area (Å²) in [6, 6.07) is 5.80. The van der Waals surface area contributed by atoms with Crippen molar-refractivity contribution in [3.63, 3.8) is 0 Å². The van der Waals surface area contributed by atoms with Gasteiger partial charge in [-0.05, 0) is 31.9 Å². The van der Waals surface area contributed by atoms with Crippen molar-refractivity contribution in [3.05, 3.63) is 47.6 Å². The first-order valence-corrected chi connectivity index (χ1v) is 8.72. The van der Waals surface area contributed by atoms with Gasteiger partial charge < -0.3 is 13.8 Å². The van der Waals surface area contributed by atoms with E-state index in [1.165, 1.54) is 0 Å². The lowest BCUT2D eigenvalue weighted by atomic mass is 9.97. The number of hydrogen-bond donors (Lipinski definition) is 0. The largest absolute Gasteiger partial charge is 0.339 e. The monoisotopic (exact) mass is 339 g/mol. The van der Waals surface area contributed by atoms with Crippen molar-refractivity contribution >= 4 is 11.4 Å². The maximum atomic E-state index is 13.1. The van der Waals surface area contributed by atoms with Crippen LogP contribution in [0.5, 0.6) is 0 Å². The average Bonchev–Trinajstić information content (AvgIpc) is 3.27. The normalized spacial score (nSPS) is 18.0. The second kappa shape index (κ2) is 6.31. The fraction of sp³-hybridized carbons (Fsp3) is 0.444. The summed E-state index contributed by atoms with van der Waals surface area (Å²) in [6.45, 7) is 5.24. The predicted molar refractivity (Wildman–Crippen MR) is 91.5 cm³/mol. The molecule has 0 spiro atoms. The van der Waals surface area contributed by atoms with Gasteiger partial charge in [0, 0.05) is 31.6 Å². The maximum Gasteiger partial charge on any atom is 0.274 e. The minimum Gasteiger partial charge on any atom is -0.339 e. The summed E-state index contributed by atoms with van der Waals surface area (Å²) < 4.78 is 7.17. The third-order valence-electron chi connectivity index (χ3n) is 4.79. The standard InChI is InChI=1S/C18H21N5O2/c1-3-15-20-17(21-25-15)13-7-6-9-22(11-13)18(24)16-14-8-4-5-10-23(14)12(2)19-16/h4-5,8,10,13H,3,6-7,9,11H2,1-2H3/t13-/m1/s1. The van der Waals surface area contributed by atoms with Crippen molar-refractivity contribution in [3.8, 4) is 0 Å². The van der Waals surface area contributed by atoms with Crippen molar-refractivity contribution in [1.29, 1.82) is 0 Å². The van der Waals surface area contributed by atoms with Crippen molar-refractivity contribution < 1.29 is 9.32 Å². The molecule has 0 aliphatic carbocycles. The van der Waals surface area contributed by atoms with Crippen molar-refractivity contribution in [2.75, 3.05) is 13.1 Å². The Balaban J connectivity index is 1.59. The fourth-order valence-electron chi connectivity index (χ4n) is 3.45. The van der Waals surface area contributed by atoms with Crippen LogP contribution in [0, 0.1) is 6.92 Å². The number of amides is 1. The molecule has 4 rings (SSSR count). The van der Waals surface area contributed by atoms with Crippen LogP contribution < -0.4 is 0 Å². The molecule has 1 amide bonds. The summed E-state index contributed by atoms with van der Waals surface area (Å²) in [5.41, 5.74) is 1.36. The second-order valence-electron chi connectivity index (χ2n) is 6.45. The minimum atomic E-state index is -0.0271. The first kappa shape index (κ1) is 15.8. The first-order valence-electron chi connectivity index (χ1n) is 8.72. The van der Waals surface area contributed by atoms with E-state index in [-0.39, 0.29) is 11.8 Å². The lowest BCUT2D eigenvalue weighted by Gasteiger charge is -2.30. The van der Waals surface area contributed by atoms with Gasteiger partial charge in [-0.2, -0.15) is 4.98 Å². The van der Waals surface area contributed by atoms with Gasteiger partial charge in [0.05, 0.1) is 5.52 Å². The van der Waals surface area contributed by atoms with E-state index < -0.39 is 0 Å². The summed E-state index contributed by atoms with van der Waals surface area (Å²) in [4.78, 5) is 23.9. The van der Waals surface area contributed by atoms with E-state index in [0.29, 0.717) is 24.0 Å². The summed E-state index contributed by atoms with van der Waals surface area (Å²) in [7, 11) is 0. The molecule has 1 aliphatic heterocycles. The number of likely N-dealkylation sites (tertiary alicyclic amines) is 1. The zero-order valence-corrected chi connectivity index (χ0v) is 14.5. The third-order valence-corrected chi connectivity index (χ3v) is 4.79. The lowest BCUT2D eigenvalue weighted by Crippen LogP contribution is -2.39. The van der Waals surface area contributed by atoms with Gasteiger partial charge in [-0.3, -0.25) is 4.79 Å². The molecule has 3 aromatic heterocycles. The van der Waals surface area contributed by atoms with E-state index in [2.05, 4.69) is 15.1 Å². The number of carbonyl (C=O) groups excluding carboxylic acids is 1. The Morgan fingerprint density at radius 2 is 2.24 bits per heavy atom. The summed E-state index contributed by atoms with van der Waals surface area (Å²) in [6.07, 6.45) is 4.55. The Hall–Kier alpha value is -2.70. The molecule has 25 heavy (non-hydrogen) atoms. The number of imidazole rings is 1. The molecule has 1 fully saturated rings. The van der Waals surface area contributed by atoms with E-state index >= 15 is 0 Å². The highest BCUT2D eigenvalue weighted by atomic mass is 16.5. The quantitative estimate of drug-likeness (QED) is 0.733. The minimum absolute atomic E-state index is 0.0271. The van der Waals surface area contributed by atoms with Gasteiger partial charge in [-0.15, -0.1) is 0 Å². The number of piperidine rings is 1. The Morgan fingerprint density at radius 3 is 3.04 bits per heavy atom. The Kier molecular flexibility index (Phi) is 3.99.